The van der Waals surface area contributed by atoms with E-state index in [2.05, 4.69) is 49.9 Å². The maximum Gasteiger partial charge on any atom is 0.329 e. The van der Waals surface area contributed by atoms with E-state index >= 15 is 0 Å². The first-order valence-electron chi connectivity index (χ1n) is 12.0. The SMILES string of the molecule is C.C.CNCCC[Si](C)(C)O[Si](C)(C)O[Si](C)(C)CCCNC(=O)C(=O)NNC(=O)C(=O)NNC(=O)C(C)=O. The monoisotopic (exact) mass is 610 g/mol. The van der Waals surface area contributed by atoms with Crippen molar-refractivity contribution in [2.24, 2.45) is 0 Å². The highest BCUT2D eigenvalue weighted by Gasteiger charge is 2.39. The molecule has 39 heavy (non-hydrogen) atoms. The molecule has 0 atom stereocenters. The lowest BCUT2D eigenvalue weighted by atomic mass is 10.4. The van der Waals surface area contributed by atoms with Gasteiger partial charge in [-0.1, -0.05) is 14.9 Å². The zero-order valence-corrected chi connectivity index (χ0v) is 26.0. The van der Waals surface area contributed by atoms with Crippen molar-refractivity contribution in [1.29, 1.82) is 0 Å². The summed E-state index contributed by atoms with van der Waals surface area (Å²) in [5.41, 5.74) is 6.88. The summed E-state index contributed by atoms with van der Waals surface area (Å²) in [6.45, 7) is 14.8. The number of carbonyl (C=O) groups is 6. The third-order valence-corrected chi connectivity index (χ3v) is 16.3. The zero-order valence-electron chi connectivity index (χ0n) is 23.0. The van der Waals surface area contributed by atoms with Crippen LogP contribution in [0.25, 0.3) is 0 Å². The van der Waals surface area contributed by atoms with E-state index in [1.807, 2.05) is 7.05 Å². The summed E-state index contributed by atoms with van der Waals surface area (Å²) in [7, 11) is -4.36. The smallest absolute Gasteiger partial charge is 0.329 e. The minimum atomic E-state index is -2.34. The minimum absolute atomic E-state index is 0. The van der Waals surface area contributed by atoms with Gasteiger partial charge in [-0.2, -0.15) is 0 Å². The number of hydrogen-bond acceptors (Lipinski definition) is 9. The molecule has 0 bridgehead atoms. The lowest BCUT2D eigenvalue weighted by molar-refractivity contribution is -0.145. The number of carbonyl (C=O) groups excluding carboxylic acids is 6. The predicted molar refractivity (Wildman–Crippen MR) is 157 cm³/mol. The molecule has 0 aliphatic carbocycles. The van der Waals surface area contributed by atoms with Crippen molar-refractivity contribution in [2.45, 2.75) is 86.0 Å². The first kappa shape index (κ1) is 41.0. The lowest BCUT2D eigenvalue weighted by Crippen LogP contribution is -2.55. The van der Waals surface area contributed by atoms with E-state index in [-0.39, 0.29) is 21.4 Å². The number of hydrazine groups is 2. The molecule has 0 rings (SSSR count). The number of Topliss-reactive ketones (excluding diaryl/α,β-unsaturated/α-hetero) is 1. The summed E-state index contributed by atoms with van der Waals surface area (Å²) in [4.78, 5) is 68.6. The first-order chi connectivity index (χ1) is 16.9. The molecule has 0 fully saturated rings. The van der Waals surface area contributed by atoms with E-state index in [0.717, 1.165) is 32.0 Å². The Hall–Kier alpha value is -2.45. The van der Waals surface area contributed by atoms with Crippen molar-refractivity contribution < 1.29 is 37.0 Å². The fourth-order valence-electron chi connectivity index (χ4n) is 3.43. The van der Waals surface area contributed by atoms with Gasteiger partial charge in [-0.3, -0.25) is 50.5 Å². The molecular formula is C22H50N6O8Si3. The maximum atomic E-state index is 11.9. The van der Waals surface area contributed by atoms with Crippen LogP contribution in [0.5, 0.6) is 0 Å². The van der Waals surface area contributed by atoms with Crippen LogP contribution in [0, 0.1) is 0 Å². The van der Waals surface area contributed by atoms with Gasteiger partial charge in [-0.25, -0.2) is 0 Å². The Kier molecular flexibility index (Phi) is 19.8. The van der Waals surface area contributed by atoms with E-state index in [4.69, 9.17) is 8.23 Å². The lowest BCUT2D eigenvalue weighted by Gasteiger charge is -2.38. The van der Waals surface area contributed by atoms with Gasteiger partial charge in [0, 0.05) is 13.5 Å². The predicted octanol–water partition coefficient (Wildman–Crippen LogP) is 0.403. The number of ketones is 1. The van der Waals surface area contributed by atoms with Crippen LogP contribution in [0.1, 0.15) is 34.6 Å². The first-order valence-corrected chi connectivity index (χ1v) is 21.0. The van der Waals surface area contributed by atoms with Crippen molar-refractivity contribution in [3.05, 3.63) is 0 Å². The summed E-state index contributed by atoms with van der Waals surface area (Å²) in [5, 5.41) is 5.60. The molecule has 17 heteroatoms. The van der Waals surface area contributed by atoms with Crippen LogP contribution < -0.4 is 32.3 Å². The van der Waals surface area contributed by atoms with Gasteiger partial charge in [0.25, 0.3) is 0 Å². The summed E-state index contributed by atoms with van der Waals surface area (Å²) >= 11 is 0. The Labute approximate surface area is 235 Å². The molecule has 0 saturated carbocycles. The standard InChI is InChI=1S/C20H42N6O8Si3.2CH4/c1-15(27)16(28)23-25-19(31)20(32)26-24-18(30)17(29)22-12-10-14-36(5,6)34-37(7,8)33-35(3,4)13-9-11-21-2;;/h21H,9-14H2,1-8H3,(H,22,29)(H,23,28)(H,24,30)(H,25,31)(H,26,32);2*1H4. The van der Waals surface area contributed by atoms with Gasteiger partial charge in [-0.05, 0) is 77.8 Å². The van der Waals surface area contributed by atoms with Gasteiger partial charge in [0.05, 0.1) is 0 Å². The van der Waals surface area contributed by atoms with Gasteiger partial charge in [0.1, 0.15) is 0 Å². The van der Waals surface area contributed by atoms with Gasteiger partial charge in [0.2, 0.25) is 5.78 Å². The Morgan fingerprint density at radius 1 is 0.590 bits per heavy atom. The summed E-state index contributed by atoms with van der Waals surface area (Å²) in [6, 6.07) is 1.78. The Bertz CT molecular complexity index is 856. The fourth-order valence-corrected chi connectivity index (χ4v) is 17.5. The molecule has 228 valence electrons. The van der Waals surface area contributed by atoms with E-state index < -0.39 is 60.5 Å². The average molecular weight is 611 g/mol. The van der Waals surface area contributed by atoms with Gasteiger partial charge in [-0.15, -0.1) is 0 Å². The van der Waals surface area contributed by atoms with E-state index in [1.54, 1.807) is 21.7 Å². The molecule has 0 aliphatic rings. The molecule has 6 N–H and O–H groups in total. The van der Waals surface area contributed by atoms with Crippen molar-refractivity contribution in [3.63, 3.8) is 0 Å². The van der Waals surface area contributed by atoms with Crippen molar-refractivity contribution in [1.82, 2.24) is 32.3 Å². The van der Waals surface area contributed by atoms with Crippen LogP contribution in [-0.4, -0.2) is 80.7 Å². The van der Waals surface area contributed by atoms with Crippen LogP contribution in [0.2, 0.25) is 51.4 Å². The van der Waals surface area contributed by atoms with Crippen molar-refractivity contribution in [2.75, 3.05) is 20.1 Å². The summed E-state index contributed by atoms with van der Waals surface area (Å²) in [5.74, 6) is -6.93. The molecule has 0 aliphatic heterocycles. The number of hydrogen-bond donors (Lipinski definition) is 6. The normalized spacial score (nSPS) is 11.2. The van der Waals surface area contributed by atoms with Crippen LogP contribution in [0.4, 0.5) is 0 Å². The van der Waals surface area contributed by atoms with Crippen LogP contribution in [-0.2, 0) is 37.0 Å². The van der Waals surface area contributed by atoms with Gasteiger partial charge >= 0.3 is 38.1 Å². The fraction of sp³-hybridized carbons (Fsp3) is 0.727. The van der Waals surface area contributed by atoms with Crippen LogP contribution >= 0.6 is 0 Å². The highest BCUT2D eigenvalue weighted by Crippen LogP contribution is 2.25. The van der Waals surface area contributed by atoms with Gasteiger partial charge < -0.3 is 18.9 Å². The Morgan fingerprint density at radius 3 is 1.33 bits per heavy atom. The molecule has 0 spiro atoms. The van der Waals surface area contributed by atoms with Gasteiger partial charge in [0.15, 0.2) is 16.6 Å². The molecule has 0 radical (unpaired) electrons. The second-order valence-electron chi connectivity index (χ2n) is 10.1. The van der Waals surface area contributed by atoms with E-state index in [0.29, 0.717) is 6.42 Å². The van der Waals surface area contributed by atoms with E-state index in [1.165, 1.54) is 0 Å². The average Bonchev–Trinajstić information content (AvgIpc) is 2.76. The second kappa shape index (κ2) is 18.8. The van der Waals surface area contributed by atoms with Crippen LogP contribution in [0.3, 0.4) is 0 Å². The highest BCUT2D eigenvalue weighted by atomic mass is 28.5. The Balaban J connectivity index is -0.00000648. The third kappa shape index (κ3) is 19.3. The van der Waals surface area contributed by atoms with Crippen molar-refractivity contribution >= 4 is 60.5 Å². The van der Waals surface area contributed by atoms with Crippen molar-refractivity contribution in [3.8, 4) is 0 Å². The zero-order chi connectivity index (χ0) is 28.9. The number of nitrogens with one attached hydrogen (secondary N) is 6. The van der Waals surface area contributed by atoms with Crippen LogP contribution in [0.15, 0.2) is 0 Å². The maximum absolute atomic E-state index is 11.9. The molecule has 0 saturated heterocycles. The molecule has 0 heterocycles. The molecule has 14 nitrogen and oxygen atoms in total. The topological polar surface area (TPSA) is 193 Å². The van der Waals surface area contributed by atoms with E-state index in [9.17, 15) is 28.8 Å². The largest absolute Gasteiger partial charge is 0.437 e. The highest BCUT2D eigenvalue weighted by molar-refractivity contribution is 6.87. The molecule has 0 aromatic carbocycles. The second-order valence-corrected chi connectivity index (χ2v) is 22.5. The Morgan fingerprint density at radius 2 is 0.949 bits per heavy atom. The number of amides is 5. The third-order valence-electron chi connectivity index (χ3n) is 4.80. The number of rotatable bonds is 13. The molecule has 0 unspecified atom stereocenters. The molecule has 0 aromatic heterocycles. The summed E-state index contributed by atoms with van der Waals surface area (Å²) < 4.78 is 13.0. The molecular weight excluding hydrogens is 561 g/mol. The molecule has 0 aromatic rings. The summed E-state index contributed by atoms with van der Waals surface area (Å²) in [6.07, 6.45) is 1.64. The minimum Gasteiger partial charge on any atom is -0.437 e. The quantitative estimate of drug-likeness (QED) is 0.0741. The molecule has 5 amide bonds.